The van der Waals surface area contributed by atoms with Crippen LogP contribution in [0.4, 0.5) is 13.2 Å². The maximum absolute atomic E-state index is 12.7. The number of alkyl halides is 3. The Kier molecular flexibility index (Phi) is 5.42. The van der Waals surface area contributed by atoms with Crippen LogP contribution < -0.4 is 5.73 Å². The Labute approximate surface area is 128 Å². The van der Waals surface area contributed by atoms with Crippen molar-refractivity contribution in [3.05, 3.63) is 58.7 Å². The van der Waals surface area contributed by atoms with E-state index in [1.54, 1.807) is 6.07 Å². The zero-order valence-electron chi connectivity index (χ0n) is 11.8. The monoisotopic (exact) mass is 315 g/mol. The Balaban J connectivity index is 0.00000220. The van der Waals surface area contributed by atoms with Crippen LogP contribution in [0.1, 0.15) is 22.3 Å². The van der Waals surface area contributed by atoms with Gasteiger partial charge in [-0.15, -0.1) is 12.4 Å². The zero-order valence-corrected chi connectivity index (χ0v) is 12.6. The second-order valence-corrected chi connectivity index (χ2v) is 4.87. The molecule has 1 nitrogen and oxygen atoms in total. The molecule has 0 saturated heterocycles. The Morgan fingerprint density at radius 3 is 2.00 bits per heavy atom. The molecule has 0 saturated carbocycles. The van der Waals surface area contributed by atoms with Gasteiger partial charge in [0.15, 0.2) is 0 Å². The van der Waals surface area contributed by atoms with Crippen LogP contribution >= 0.6 is 12.4 Å². The van der Waals surface area contributed by atoms with Crippen LogP contribution in [0.2, 0.25) is 0 Å². The molecule has 0 spiro atoms. The SMILES string of the molecule is Cc1cc(-c2cccc(C(F)(F)F)c2)cc(C)c1CN.Cl. The summed E-state index contributed by atoms with van der Waals surface area (Å²) in [5.74, 6) is 0. The molecule has 2 rings (SSSR count). The van der Waals surface area contributed by atoms with E-state index >= 15 is 0 Å². The maximum atomic E-state index is 12.7. The molecule has 0 radical (unpaired) electrons. The molecule has 0 bridgehead atoms. The van der Waals surface area contributed by atoms with E-state index in [0.717, 1.165) is 28.3 Å². The Morgan fingerprint density at radius 1 is 0.952 bits per heavy atom. The van der Waals surface area contributed by atoms with Crippen LogP contribution in [0.25, 0.3) is 11.1 Å². The third-order valence-corrected chi connectivity index (χ3v) is 3.42. The second-order valence-electron chi connectivity index (χ2n) is 4.87. The molecule has 0 aliphatic heterocycles. The summed E-state index contributed by atoms with van der Waals surface area (Å²) in [5, 5.41) is 0. The highest BCUT2D eigenvalue weighted by molar-refractivity contribution is 5.85. The van der Waals surface area contributed by atoms with Gasteiger partial charge in [-0.1, -0.05) is 24.3 Å². The van der Waals surface area contributed by atoms with E-state index in [0.29, 0.717) is 12.1 Å². The topological polar surface area (TPSA) is 26.0 Å². The molecule has 0 fully saturated rings. The van der Waals surface area contributed by atoms with E-state index in [9.17, 15) is 13.2 Å². The molecule has 0 heterocycles. The molecule has 0 aliphatic carbocycles. The van der Waals surface area contributed by atoms with E-state index in [1.165, 1.54) is 12.1 Å². The molecule has 5 heteroatoms. The molecule has 2 aromatic carbocycles. The first-order valence-electron chi connectivity index (χ1n) is 6.30. The fourth-order valence-electron chi connectivity index (χ4n) is 2.36. The first kappa shape index (κ1) is 17.5. The first-order valence-corrected chi connectivity index (χ1v) is 6.30. The van der Waals surface area contributed by atoms with Gasteiger partial charge in [0.2, 0.25) is 0 Å². The van der Waals surface area contributed by atoms with Crippen molar-refractivity contribution in [1.29, 1.82) is 0 Å². The highest BCUT2D eigenvalue weighted by atomic mass is 35.5. The van der Waals surface area contributed by atoms with E-state index < -0.39 is 11.7 Å². The van der Waals surface area contributed by atoms with Gasteiger partial charge in [-0.2, -0.15) is 13.2 Å². The summed E-state index contributed by atoms with van der Waals surface area (Å²) in [7, 11) is 0. The fraction of sp³-hybridized carbons (Fsp3) is 0.250. The van der Waals surface area contributed by atoms with E-state index in [-0.39, 0.29) is 12.4 Å². The lowest BCUT2D eigenvalue weighted by Crippen LogP contribution is -2.05. The van der Waals surface area contributed by atoms with Gasteiger partial charge in [-0.25, -0.2) is 0 Å². The van der Waals surface area contributed by atoms with Gasteiger partial charge >= 0.3 is 6.18 Å². The van der Waals surface area contributed by atoms with Crippen LogP contribution in [-0.2, 0) is 12.7 Å². The maximum Gasteiger partial charge on any atom is 0.416 e. The van der Waals surface area contributed by atoms with Gasteiger partial charge in [-0.3, -0.25) is 0 Å². The Bertz CT molecular complexity index is 613. The van der Waals surface area contributed by atoms with Crippen LogP contribution in [0.5, 0.6) is 0 Å². The van der Waals surface area contributed by atoms with Crippen molar-refractivity contribution in [1.82, 2.24) is 0 Å². The molecule has 0 unspecified atom stereocenters. The van der Waals surface area contributed by atoms with Gasteiger partial charge in [0.25, 0.3) is 0 Å². The minimum atomic E-state index is -4.32. The Morgan fingerprint density at radius 2 is 1.52 bits per heavy atom. The fourth-order valence-corrected chi connectivity index (χ4v) is 2.36. The largest absolute Gasteiger partial charge is 0.416 e. The van der Waals surface area contributed by atoms with Crippen LogP contribution in [0, 0.1) is 13.8 Å². The molecule has 2 N–H and O–H groups in total. The van der Waals surface area contributed by atoms with E-state index in [1.807, 2.05) is 26.0 Å². The average molecular weight is 316 g/mol. The molecule has 0 aliphatic rings. The molecular formula is C16H17ClF3N. The lowest BCUT2D eigenvalue weighted by molar-refractivity contribution is -0.137. The number of nitrogens with two attached hydrogens (primary N) is 1. The van der Waals surface area contributed by atoms with Crippen molar-refractivity contribution in [2.45, 2.75) is 26.6 Å². The van der Waals surface area contributed by atoms with Gasteiger partial charge in [0, 0.05) is 6.54 Å². The quantitative estimate of drug-likeness (QED) is 0.840. The van der Waals surface area contributed by atoms with Gasteiger partial charge in [0.1, 0.15) is 0 Å². The van der Waals surface area contributed by atoms with Crippen LogP contribution in [0.15, 0.2) is 36.4 Å². The highest BCUT2D eigenvalue weighted by Crippen LogP contribution is 2.33. The van der Waals surface area contributed by atoms with Crippen molar-refractivity contribution in [2.24, 2.45) is 5.73 Å². The average Bonchev–Trinajstić information content (AvgIpc) is 2.37. The number of benzene rings is 2. The molecule has 0 aromatic heterocycles. The number of hydrogen-bond donors (Lipinski definition) is 1. The lowest BCUT2D eigenvalue weighted by Gasteiger charge is -2.13. The summed E-state index contributed by atoms with van der Waals surface area (Å²) < 4.78 is 38.2. The minimum absolute atomic E-state index is 0. The first-order chi connectivity index (χ1) is 9.32. The third kappa shape index (κ3) is 3.77. The molecule has 0 atom stereocenters. The summed E-state index contributed by atoms with van der Waals surface area (Å²) in [6, 6.07) is 9.13. The Hall–Kier alpha value is -1.52. The predicted octanol–water partition coefficient (Wildman–Crippen LogP) is 4.87. The normalized spacial score (nSPS) is 11.1. The van der Waals surface area contributed by atoms with E-state index in [2.05, 4.69) is 0 Å². The van der Waals surface area contributed by atoms with Crippen molar-refractivity contribution in [3.8, 4) is 11.1 Å². The lowest BCUT2D eigenvalue weighted by atomic mass is 9.95. The number of hydrogen-bond acceptors (Lipinski definition) is 1. The van der Waals surface area contributed by atoms with Gasteiger partial charge in [0.05, 0.1) is 5.56 Å². The summed E-state index contributed by atoms with van der Waals surface area (Å²) in [6.07, 6.45) is -4.32. The van der Waals surface area contributed by atoms with Crippen molar-refractivity contribution in [2.75, 3.05) is 0 Å². The van der Waals surface area contributed by atoms with Gasteiger partial charge < -0.3 is 5.73 Å². The van der Waals surface area contributed by atoms with Crippen molar-refractivity contribution >= 4 is 12.4 Å². The van der Waals surface area contributed by atoms with Gasteiger partial charge in [-0.05, 0) is 53.8 Å². The molecule has 114 valence electrons. The summed E-state index contributed by atoms with van der Waals surface area (Å²) in [6.45, 7) is 4.28. The van der Waals surface area contributed by atoms with Crippen molar-refractivity contribution < 1.29 is 13.2 Å². The minimum Gasteiger partial charge on any atom is -0.326 e. The second kappa shape index (κ2) is 6.50. The summed E-state index contributed by atoms with van der Waals surface area (Å²) in [4.78, 5) is 0. The highest BCUT2D eigenvalue weighted by Gasteiger charge is 2.30. The smallest absolute Gasteiger partial charge is 0.326 e. The molecule has 2 aromatic rings. The zero-order chi connectivity index (χ0) is 14.9. The summed E-state index contributed by atoms with van der Waals surface area (Å²) >= 11 is 0. The standard InChI is InChI=1S/C16H16F3N.ClH/c1-10-6-13(7-11(2)15(10)9-20)12-4-3-5-14(8-12)16(17,18)19;/h3-8H,9,20H2,1-2H3;1H. The predicted molar refractivity (Wildman–Crippen MR) is 81.5 cm³/mol. The number of aryl methyl sites for hydroxylation is 2. The third-order valence-electron chi connectivity index (χ3n) is 3.42. The number of halogens is 4. The van der Waals surface area contributed by atoms with Crippen LogP contribution in [-0.4, -0.2) is 0 Å². The van der Waals surface area contributed by atoms with Crippen LogP contribution in [0.3, 0.4) is 0 Å². The van der Waals surface area contributed by atoms with E-state index in [4.69, 9.17) is 5.73 Å². The van der Waals surface area contributed by atoms with Crippen molar-refractivity contribution in [3.63, 3.8) is 0 Å². The number of rotatable bonds is 2. The molecule has 0 amide bonds. The molecule has 21 heavy (non-hydrogen) atoms. The molecular weight excluding hydrogens is 299 g/mol. The summed E-state index contributed by atoms with van der Waals surface area (Å²) in [5.41, 5.74) is 9.43.